The number of nitrogens with two attached hydrogens (primary N) is 1. The van der Waals surface area contributed by atoms with E-state index in [1.54, 1.807) is 23.1 Å². The van der Waals surface area contributed by atoms with Crippen LogP contribution in [0.25, 0.3) is 0 Å². The van der Waals surface area contributed by atoms with Crippen molar-refractivity contribution in [3.63, 3.8) is 0 Å². The molecule has 0 radical (unpaired) electrons. The van der Waals surface area contributed by atoms with E-state index in [1.165, 1.54) is 0 Å². The third-order valence-electron chi connectivity index (χ3n) is 2.42. The third-order valence-corrected chi connectivity index (χ3v) is 4.73. The van der Waals surface area contributed by atoms with Gasteiger partial charge in [0.05, 0.1) is 6.61 Å². The van der Waals surface area contributed by atoms with Crippen molar-refractivity contribution in [2.45, 2.75) is 10.8 Å². The van der Waals surface area contributed by atoms with E-state index < -0.39 is 0 Å². The number of anilines is 2. The summed E-state index contributed by atoms with van der Waals surface area (Å²) in [5.74, 6) is 1.78. The van der Waals surface area contributed by atoms with Crippen LogP contribution in [0.1, 0.15) is 6.42 Å². The van der Waals surface area contributed by atoms with E-state index in [2.05, 4.69) is 10.2 Å². The molecule has 108 valence electrons. The summed E-state index contributed by atoms with van der Waals surface area (Å²) in [6.07, 6.45) is 0.955. The van der Waals surface area contributed by atoms with Gasteiger partial charge in [0.15, 0.2) is 4.34 Å². The molecule has 2 rings (SSSR count). The van der Waals surface area contributed by atoms with E-state index in [4.69, 9.17) is 10.5 Å². The van der Waals surface area contributed by atoms with Gasteiger partial charge in [0.2, 0.25) is 5.13 Å². The Hall–Kier alpha value is -1.47. The van der Waals surface area contributed by atoms with Crippen LogP contribution < -0.4 is 15.4 Å². The standard InChI is InChI=1S/C13H18N4OS2/c1-17(2)12-15-16-13(20-12)19-8-4-7-18-11-6-3-5-10(14)9-11/h3,5-6,9H,4,7-8,14H2,1-2H3. The zero-order valence-electron chi connectivity index (χ0n) is 11.6. The lowest BCUT2D eigenvalue weighted by atomic mass is 10.3. The summed E-state index contributed by atoms with van der Waals surface area (Å²) in [6.45, 7) is 0.676. The van der Waals surface area contributed by atoms with Crippen LogP contribution in [0.2, 0.25) is 0 Å². The molecule has 0 aliphatic heterocycles. The highest BCUT2D eigenvalue weighted by Gasteiger charge is 2.05. The van der Waals surface area contributed by atoms with Crippen LogP contribution in [-0.2, 0) is 0 Å². The highest BCUT2D eigenvalue weighted by molar-refractivity contribution is 8.01. The van der Waals surface area contributed by atoms with Crippen LogP contribution in [0.15, 0.2) is 28.6 Å². The highest BCUT2D eigenvalue weighted by Crippen LogP contribution is 2.27. The van der Waals surface area contributed by atoms with Gasteiger partial charge in [0, 0.05) is 31.6 Å². The maximum Gasteiger partial charge on any atom is 0.208 e. The number of nitrogen functional groups attached to an aromatic ring is 1. The average molecular weight is 310 g/mol. The van der Waals surface area contributed by atoms with Crippen molar-refractivity contribution in [3.8, 4) is 5.75 Å². The minimum atomic E-state index is 0.676. The molecule has 7 heteroatoms. The van der Waals surface area contributed by atoms with Gasteiger partial charge in [0.25, 0.3) is 0 Å². The Morgan fingerprint density at radius 1 is 1.35 bits per heavy atom. The van der Waals surface area contributed by atoms with Crippen LogP contribution in [0.5, 0.6) is 5.75 Å². The quantitative estimate of drug-likeness (QED) is 0.482. The van der Waals surface area contributed by atoms with Crippen LogP contribution >= 0.6 is 23.1 Å². The number of hydrogen-bond donors (Lipinski definition) is 1. The van der Waals surface area contributed by atoms with Crippen LogP contribution in [0.3, 0.4) is 0 Å². The predicted octanol–water partition coefficient (Wildman–Crippen LogP) is 2.75. The smallest absolute Gasteiger partial charge is 0.208 e. The summed E-state index contributed by atoms with van der Waals surface area (Å²) in [6, 6.07) is 7.49. The van der Waals surface area contributed by atoms with Crippen molar-refractivity contribution in [3.05, 3.63) is 24.3 Å². The first-order valence-corrected chi connectivity index (χ1v) is 8.07. The molecule has 5 nitrogen and oxygen atoms in total. The Morgan fingerprint density at radius 3 is 2.90 bits per heavy atom. The molecular formula is C13H18N4OS2. The zero-order chi connectivity index (χ0) is 14.4. The van der Waals surface area contributed by atoms with Crippen molar-refractivity contribution < 1.29 is 4.74 Å². The van der Waals surface area contributed by atoms with Gasteiger partial charge in [-0.2, -0.15) is 0 Å². The SMILES string of the molecule is CN(C)c1nnc(SCCCOc2cccc(N)c2)s1. The lowest BCUT2D eigenvalue weighted by Gasteiger charge is -2.06. The summed E-state index contributed by atoms with van der Waals surface area (Å²) in [4.78, 5) is 1.96. The Kier molecular flexibility index (Phi) is 5.49. The molecule has 20 heavy (non-hydrogen) atoms. The number of ether oxygens (including phenoxy) is 1. The minimum absolute atomic E-state index is 0.676. The van der Waals surface area contributed by atoms with Crippen molar-refractivity contribution in [1.82, 2.24) is 10.2 Å². The summed E-state index contributed by atoms with van der Waals surface area (Å²) in [7, 11) is 3.93. The summed E-state index contributed by atoms with van der Waals surface area (Å²) in [5.41, 5.74) is 6.41. The highest BCUT2D eigenvalue weighted by atomic mass is 32.2. The maximum atomic E-state index is 5.69. The number of benzene rings is 1. The van der Waals surface area contributed by atoms with Crippen molar-refractivity contribution in [2.75, 3.05) is 37.1 Å². The molecule has 0 unspecified atom stereocenters. The fourth-order valence-electron chi connectivity index (χ4n) is 1.45. The van der Waals surface area contributed by atoms with Crippen LogP contribution in [0.4, 0.5) is 10.8 Å². The molecule has 0 bridgehead atoms. The van der Waals surface area contributed by atoms with Gasteiger partial charge in [-0.05, 0) is 18.6 Å². The van der Waals surface area contributed by atoms with Crippen molar-refractivity contribution >= 4 is 33.9 Å². The normalized spacial score (nSPS) is 10.5. The first-order valence-electron chi connectivity index (χ1n) is 6.27. The molecule has 0 atom stereocenters. The lowest BCUT2D eigenvalue weighted by Crippen LogP contribution is -2.07. The summed E-state index contributed by atoms with van der Waals surface area (Å²) in [5, 5.41) is 9.17. The zero-order valence-corrected chi connectivity index (χ0v) is 13.2. The molecule has 0 aliphatic carbocycles. The van der Waals surface area contributed by atoms with Crippen molar-refractivity contribution in [1.29, 1.82) is 0 Å². The number of aromatic nitrogens is 2. The van der Waals surface area contributed by atoms with Gasteiger partial charge in [0.1, 0.15) is 5.75 Å². The molecule has 0 amide bonds. The first-order chi connectivity index (χ1) is 9.65. The number of rotatable bonds is 7. The van der Waals surface area contributed by atoms with Crippen molar-refractivity contribution in [2.24, 2.45) is 0 Å². The second-order valence-corrected chi connectivity index (χ2v) is 6.67. The predicted molar refractivity (Wildman–Crippen MR) is 85.9 cm³/mol. The molecule has 2 aromatic rings. The van der Waals surface area contributed by atoms with Gasteiger partial charge in [-0.25, -0.2) is 0 Å². The Morgan fingerprint density at radius 2 is 2.20 bits per heavy atom. The van der Waals surface area contributed by atoms with E-state index in [0.29, 0.717) is 6.61 Å². The van der Waals surface area contributed by atoms with Gasteiger partial charge in [-0.1, -0.05) is 29.2 Å². The van der Waals surface area contributed by atoms with E-state index in [9.17, 15) is 0 Å². The Labute approximate surface area is 127 Å². The molecule has 0 fully saturated rings. The molecule has 1 aromatic heterocycles. The summed E-state index contributed by atoms with van der Waals surface area (Å²) < 4.78 is 6.63. The topological polar surface area (TPSA) is 64.3 Å². The van der Waals surface area contributed by atoms with Crippen LogP contribution in [-0.4, -0.2) is 36.7 Å². The average Bonchev–Trinajstić information content (AvgIpc) is 2.87. The van der Waals surface area contributed by atoms with Crippen LogP contribution in [0, 0.1) is 0 Å². The lowest BCUT2D eigenvalue weighted by molar-refractivity contribution is 0.319. The Balaban J connectivity index is 1.66. The molecule has 0 aliphatic rings. The molecule has 0 spiro atoms. The second-order valence-electron chi connectivity index (χ2n) is 4.37. The van der Waals surface area contributed by atoms with Gasteiger partial charge in [-0.3, -0.25) is 0 Å². The second kappa shape index (κ2) is 7.35. The van der Waals surface area contributed by atoms with Gasteiger partial charge < -0.3 is 15.4 Å². The fraction of sp³-hybridized carbons (Fsp3) is 0.385. The van der Waals surface area contributed by atoms with E-state index in [1.807, 2.05) is 43.3 Å². The number of nitrogens with zero attached hydrogens (tertiary/aromatic N) is 3. The monoisotopic (exact) mass is 310 g/mol. The Bertz CT molecular complexity index is 545. The fourth-order valence-corrected chi connectivity index (χ4v) is 3.20. The largest absolute Gasteiger partial charge is 0.493 e. The van der Waals surface area contributed by atoms with E-state index >= 15 is 0 Å². The molecule has 0 saturated carbocycles. The first kappa shape index (κ1) is 14.9. The molecular weight excluding hydrogens is 292 g/mol. The van der Waals surface area contributed by atoms with E-state index in [0.717, 1.165) is 33.1 Å². The summed E-state index contributed by atoms with van der Waals surface area (Å²) >= 11 is 3.32. The van der Waals surface area contributed by atoms with E-state index in [-0.39, 0.29) is 0 Å². The molecule has 0 saturated heterocycles. The van der Waals surface area contributed by atoms with Gasteiger partial charge in [-0.15, -0.1) is 10.2 Å². The maximum absolute atomic E-state index is 5.69. The molecule has 1 heterocycles. The van der Waals surface area contributed by atoms with Gasteiger partial charge >= 0.3 is 0 Å². The number of hydrogen-bond acceptors (Lipinski definition) is 7. The minimum Gasteiger partial charge on any atom is -0.493 e. The molecule has 1 aromatic carbocycles. The molecule has 2 N–H and O–H groups in total. The number of thioether (sulfide) groups is 1. The third kappa shape index (κ3) is 4.57.